The minimum Gasteiger partial charge on any atom is -0.493 e. The van der Waals surface area contributed by atoms with E-state index in [0.717, 1.165) is 0 Å². The Balaban J connectivity index is 2.24. The maximum Gasteiger partial charge on any atom is 0.205 e. The van der Waals surface area contributed by atoms with Crippen LogP contribution in [0.4, 0.5) is 0 Å². The fourth-order valence-corrected chi connectivity index (χ4v) is 3.81. The molecule has 25 heavy (non-hydrogen) atoms. The molecule has 2 aliphatic rings. The lowest BCUT2D eigenvalue weighted by atomic mass is 9.77. The van der Waals surface area contributed by atoms with Gasteiger partial charge in [-0.15, -0.1) is 0 Å². The molecule has 0 saturated heterocycles. The fraction of sp³-hybridized carbons (Fsp3) is 0.333. The first-order chi connectivity index (χ1) is 12.0. The summed E-state index contributed by atoms with van der Waals surface area (Å²) in [7, 11) is 3.08. The molecule has 1 aromatic carbocycles. The Kier molecular flexibility index (Phi) is 4.73. The molecular formula is C18H17BrN2O4. The molecule has 0 unspecified atom stereocenters. The number of rotatable bonds is 3. The van der Waals surface area contributed by atoms with Gasteiger partial charge in [0.15, 0.2) is 17.3 Å². The quantitative estimate of drug-likeness (QED) is 0.830. The van der Waals surface area contributed by atoms with Crippen LogP contribution >= 0.6 is 15.9 Å². The van der Waals surface area contributed by atoms with E-state index in [1.165, 1.54) is 7.11 Å². The van der Waals surface area contributed by atoms with Crippen molar-refractivity contribution in [3.8, 4) is 17.6 Å². The lowest BCUT2D eigenvalue weighted by molar-refractivity contribution is -0.116. The number of ketones is 1. The number of Topliss-reactive ketones (excluding diaryl/α,β-unsaturated/α-hetero) is 1. The number of hydrogen-bond donors (Lipinski definition) is 1. The lowest BCUT2D eigenvalue weighted by Gasteiger charge is -2.31. The molecule has 1 aliphatic carbocycles. The van der Waals surface area contributed by atoms with Crippen LogP contribution in [-0.4, -0.2) is 20.0 Å². The number of nitrogens with zero attached hydrogens (tertiary/aromatic N) is 1. The molecule has 0 saturated carbocycles. The zero-order chi connectivity index (χ0) is 18.1. The van der Waals surface area contributed by atoms with Crippen LogP contribution in [0.25, 0.3) is 0 Å². The van der Waals surface area contributed by atoms with E-state index in [9.17, 15) is 10.1 Å². The maximum atomic E-state index is 12.6. The minimum absolute atomic E-state index is 0.0202. The van der Waals surface area contributed by atoms with Gasteiger partial charge in [0.05, 0.1) is 20.1 Å². The van der Waals surface area contributed by atoms with Crippen molar-refractivity contribution < 1.29 is 19.0 Å². The molecule has 1 aliphatic heterocycles. The van der Waals surface area contributed by atoms with E-state index < -0.39 is 5.92 Å². The molecule has 3 rings (SSSR count). The number of carbonyl (C=O) groups is 1. The Morgan fingerprint density at radius 2 is 1.96 bits per heavy atom. The summed E-state index contributed by atoms with van der Waals surface area (Å²) in [6, 6.07) is 5.61. The van der Waals surface area contributed by atoms with Gasteiger partial charge in [-0.1, -0.05) is 15.9 Å². The second kappa shape index (κ2) is 6.81. The molecule has 0 fully saturated rings. The Bertz CT molecular complexity index is 851. The van der Waals surface area contributed by atoms with Crippen LogP contribution in [0.3, 0.4) is 0 Å². The molecule has 130 valence electrons. The number of halogens is 1. The van der Waals surface area contributed by atoms with Gasteiger partial charge in [0.1, 0.15) is 17.4 Å². The fourth-order valence-electron chi connectivity index (χ4n) is 3.26. The van der Waals surface area contributed by atoms with Gasteiger partial charge in [0.2, 0.25) is 5.88 Å². The monoisotopic (exact) mass is 404 g/mol. The van der Waals surface area contributed by atoms with Gasteiger partial charge in [-0.3, -0.25) is 4.79 Å². The maximum absolute atomic E-state index is 12.6. The number of ether oxygens (including phenoxy) is 3. The van der Waals surface area contributed by atoms with E-state index in [1.54, 1.807) is 19.2 Å². The van der Waals surface area contributed by atoms with Crippen LogP contribution in [0.15, 0.2) is 39.4 Å². The first kappa shape index (κ1) is 17.4. The number of allylic oxidation sites excluding steroid dienone is 3. The third kappa shape index (κ3) is 2.87. The van der Waals surface area contributed by atoms with Gasteiger partial charge < -0.3 is 19.9 Å². The second-order valence-corrected chi connectivity index (χ2v) is 6.62. The Morgan fingerprint density at radius 3 is 2.60 bits per heavy atom. The highest BCUT2D eigenvalue weighted by Crippen LogP contribution is 2.47. The molecule has 7 heteroatoms. The van der Waals surface area contributed by atoms with Crippen LogP contribution in [-0.2, 0) is 9.53 Å². The van der Waals surface area contributed by atoms with E-state index in [1.807, 2.05) is 0 Å². The van der Waals surface area contributed by atoms with E-state index in [-0.39, 0.29) is 17.2 Å². The number of methoxy groups -OCH3 is 2. The SMILES string of the molecule is COc1cc(Br)c([C@H]2C(C#N)=C(N)OC3=C2C(=O)CCC3)cc1OC. The third-order valence-corrected chi connectivity index (χ3v) is 5.11. The Labute approximate surface area is 154 Å². The van der Waals surface area contributed by atoms with Crippen molar-refractivity contribution in [3.05, 3.63) is 45.0 Å². The summed E-state index contributed by atoms with van der Waals surface area (Å²) in [6.07, 6.45) is 1.77. The zero-order valence-corrected chi connectivity index (χ0v) is 15.5. The third-order valence-electron chi connectivity index (χ3n) is 4.42. The van der Waals surface area contributed by atoms with Crippen LogP contribution in [0.5, 0.6) is 11.5 Å². The van der Waals surface area contributed by atoms with Crippen molar-refractivity contribution in [2.45, 2.75) is 25.2 Å². The van der Waals surface area contributed by atoms with Crippen molar-refractivity contribution in [3.63, 3.8) is 0 Å². The van der Waals surface area contributed by atoms with Crippen molar-refractivity contribution in [1.82, 2.24) is 0 Å². The second-order valence-electron chi connectivity index (χ2n) is 5.77. The molecule has 1 atom stereocenters. The molecule has 0 aromatic heterocycles. The van der Waals surface area contributed by atoms with E-state index in [4.69, 9.17) is 19.9 Å². The standard InChI is InChI=1S/C18H17BrN2O4/c1-23-14-6-9(11(19)7-15(14)24-2)16-10(8-20)18(21)25-13-5-3-4-12(22)17(13)16/h6-7,16H,3-5,21H2,1-2H3/t16-/m0/s1. The summed E-state index contributed by atoms with van der Waals surface area (Å²) in [4.78, 5) is 12.6. The summed E-state index contributed by atoms with van der Waals surface area (Å²) in [5, 5.41) is 9.61. The van der Waals surface area contributed by atoms with E-state index in [2.05, 4.69) is 22.0 Å². The largest absolute Gasteiger partial charge is 0.493 e. The molecule has 1 aromatic rings. The van der Waals surface area contributed by atoms with Crippen molar-refractivity contribution in [2.24, 2.45) is 5.73 Å². The summed E-state index contributed by atoms with van der Waals surface area (Å²) in [5.74, 6) is 1.05. The average molecular weight is 405 g/mol. The summed E-state index contributed by atoms with van der Waals surface area (Å²) in [5.41, 5.74) is 7.40. The van der Waals surface area contributed by atoms with Gasteiger partial charge in [-0.05, 0) is 24.1 Å². The molecular weight excluding hydrogens is 388 g/mol. The van der Waals surface area contributed by atoms with Crippen LogP contribution < -0.4 is 15.2 Å². The highest BCUT2D eigenvalue weighted by molar-refractivity contribution is 9.10. The predicted molar refractivity (Wildman–Crippen MR) is 93.8 cm³/mol. The molecule has 2 N–H and O–H groups in total. The van der Waals surface area contributed by atoms with E-state index >= 15 is 0 Å². The molecule has 6 nitrogen and oxygen atoms in total. The predicted octanol–water partition coefficient (Wildman–Crippen LogP) is 3.28. The zero-order valence-electron chi connectivity index (χ0n) is 13.9. The number of nitrogens with two attached hydrogens (primary N) is 1. The first-order valence-electron chi connectivity index (χ1n) is 7.77. The van der Waals surface area contributed by atoms with Crippen LogP contribution in [0.2, 0.25) is 0 Å². The molecule has 0 spiro atoms. The summed E-state index contributed by atoms with van der Waals surface area (Å²) in [6.45, 7) is 0. The van der Waals surface area contributed by atoms with Gasteiger partial charge in [-0.25, -0.2) is 0 Å². The summed E-state index contributed by atoms with van der Waals surface area (Å²) < 4.78 is 17.0. The normalized spacial score (nSPS) is 19.9. The highest BCUT2D eigenvalue weighted by atomic mass is 79.9. The van der Waals surface area contributed by atoms with Gasteiger partial charge in [-0.2, -0.15) is 5.26 Å². The topological polar surface area (TPSA) is 94.6 Å². The van der Waals surface area contributed by atoms with Gasteiger partial charge >= 0.3 is 0 Å². The molecule has 1 heterocycles. The van der Waals surface area contributed by atoms with E-state index in [0.29, 0.717) is 52.1 Å². The molecule has 0 bridgehead atoms. The highest BCUT2D eigenvalue weighted by Gasteiger charge is 2.39. The Hall–Kier alpha value is -2.46. The Morgan fingerprint density at radius 1 is 1.28 bits per heavy atom. The summed E-state index contributed by atoms with van der Waals surface area (Å²) >= 11 is 3.52. The van der Waals surface area contributed by atoms with Crippen LogP contribution in [0.1, 0.15) is 30.7 Å². The smallest absolute Gasteiger partial charge is 0.205 e. The first-order valence-corrected chi connectivity index (χ1v) is 8.56. The van der Waals surface area contributed by atoms with Crippen LogP contribution in [0, 0.1) is 11.3 Å². The molecule has 0 radical (unpaired) electrons. The van der Waals surface area contributed by atoms with Crippen molar-refractivity contribution in [1.29, 1.82) is 5.26 Å². The van der Waals surface area contributed by atoms with Crippen molar-refractivity contribution >= 4 is 21.7 Å². The lowest BCUT2D eigenvalue weighted by Crippen LogP contribution is -2.27. The van der Waals surface area contributed by atoms with Gasteiger partial charge in [0, 0.05) is 22.9 Å². The average Bonchev–Trinajstić information content (AvgIpc) is 2.60. The van der Waals surface area contributed by atoms with Gasteiger partial charge in [0.25, 0.3) is 0 Å². The van der Waals surface area contributed by atoms with Crippen molar-refractivity contribution in [2.75, 3.05) is 14.2 Å². The number of hydrogen-bond acceptors (Lipinski definition) is 6. The number of nitriles is 1. The number of benzene rings is 1. The molecule has 0 amide bonds. The minimum atomic E-state index is -0.587. The number of carbonyl (C=O) groups excluding carboxylic acids is 1.